The number of rotatable bonds is 9. The number of benzene rings is 2. The van der Waals surface area contributed by atoms with Crippen LogP contribution in [-0.2, 0) is 0 Å². The van der Waals surface area contributed by atoms with Crippen molar-refractivity contribution in [3.05, 3.63) is 77.6 Å². The average Bonchev–Trinajstić information content (AvgIpc) is 3.18. The van der Waals surface area contributed by atoms with E-state index in [-0.39, 0.29) is 23.5 Å². The van der Waals surface area contributed by atoms with E-state index in [1.54, 1.807) is 35.1 Å². The Bertz CT molecular complexity index is 967. The van der Waals surface area contributed by atoms with Crippen molar-refractivity contribution in [2.45, 2.75) is 32.6 Å². The van der Waals surface area contributed by atoms with E-state index in [4.69, 9.17) is 4.74 Å². The summed E-state index contributed by atoms with van der Waals surface area (Å²) in [5.41, 5.74) is 1.99. The van der Waals surface area contributed by atoms with Crippen molar-refractivity contribution in [1.29, 1.82) is 0 Å². The van der Waals surface area contributed by atoms with Crippen molar-refractivity contribution in [2.75, 3.05) is 13.2 Å². The van der Waals surface area contributed by atoms with Crippen LogP contribution in [0.1, 0.15) is 48.7 Å². The molecule has 0 saturated carbocycles. The van der Waals surface area contributed by atoms with Gasteiger partial charge in [-0.05, 0) is 67.3 Å². The third-order valence-electron chi connectivity index (χ3n) is 4.61. The first-order valence-electron chi connectivity index (χ1n) is 9.96. The quantitative estimate of drug-likeness (QED) is 0.510. The van der Waals surface area contributed by atoms with E-state index < -0.39 is 0 Å². The number of aromatic nitrogens is 2. The van der Waals surface area contributed by atoms with E-state index in [1.165, 1.54) is 24.3 Å². The standard InChI is InChI=1S/C23H25F2N3O2/c1-16(2)22-21(15-27-28(22)19-9-5-17(24)6-10-19)23(29)26-13-3-4-14-30-20-11-7-18(25)8-12-20/h5-12,15-16H,3-4,13-14H2,1-2H3,(H,26,29). The van der Waals surface area contributed by atoms with Crippen LogP contribution in [0.4, 0.5) is 8.78 Å². The summed E-state index contributed by atoms with van der Waals surface area (Å²) >= 11 is 0. The number of nitrogens with zero attached hydrogens (tertiary/aromatic N) is 2. The minimum atomic E-state index is -0.321. The maximum atomic E-state index is 13.2. The molecule has 0 saturated heterocycles. The molecule has 1 N–H and O–H groups in total. The Labute approximate surface area is 174 Å². The molecule has 30 heavy (non-hydrogen) atoms. The van der Waals surface area contributed by atoms with Gasteiger partial charge in [0.1, 0.15) is 17.4 Å². The number of halogens is 2. The Hall–Kier alpha value is -3.22. The second kappa shape index (κ2) is 10.0. The highest BCUT2D eigenvalue weighted by Gasteiger charge is 2.20. The summed E-state index contributed by atoms with van der Waals surface area (Å²) < 4.78 is 33.3. The highest BCUT2D eigenvalue weighted by molar-refractivity contribution is 5.95. The molecule has 0 spiro atoms. The maximum Gasteiger partial charge on any atom is 0.254 e. The van der Waals surface area contributed by atoms with Crippen LogP contribution in [0.15, 0.2) is 54.7 Å². The Kier molecular flexibility index (Phi) is 7.17. The zero-order valence-corrected chi connectivity index (χ0v) is 17.1. The van der Waals surface area contributed by atoms with E-state index in [1.807, 2.05) is 13.8 Å². The molecule has 0 aliphatic heterocycles. The van der Waals surface area contributed by atoms with E-state index in [0.29, 0.717) is 30.2 Å². The summed E-state index contributed by atoms with van der Waals surface area (Å²) in [6, 6.07) is 11.9. The fourth-order valence-corrected chi connectivity index (χ4v) is 3.12. The largest absolute Gasteiger partial charge is 0.494 e. The number of nitrogens with one attached hydrogen (secondary N) is 1. The van der Waals surface area contributed by atoms with Crippen LogP contribution in [0.3, 0.4) is 0 Å². The molecule has 0 aliphatic carbocycles. The topological polar surface area (TPSA) is 56.1 Å². The van der Waals surface area contributed by atoms with Gasteiger partial charge in [0.25, 0.3) is 5.91 Å². The summed E-state index contributed by atoms with van der Waals surface area (Å²) in [5.74, 6) is -0.129. The van der Waals surface area contributed by atoms with Gasteiger partial charge in [0.05, 0.1) is 29.7 Å². The van der Waals surface area contributed by atoms with Gasteiger partial charge >= 0.3 is 0 Å². The number of ether oxygens (including phenoxy) is 1. The Morgan fingerprint density at radius 2 is 1.67 bits per heavy atom. The fraction of sp³-hybridized carbons (Fsp3) is 0.304. The molecule has 1 heterocycles. The molecular formula is C23H25F2N3O2. The van der Waals surface area contributed by atoms with Crippen LogP contribution in [-0.4, -0.2) is 28.8 Å². The van der Waals surface area contributed by atoms with Gasteiger partial charge in [0.15, 0.2) is 0 Å². The van der Waals surface area contributed by atoms with Gasteiger partial charge in [-0.1, -0.05) is 13.8 Å². The van der Waals surface area contributed by atoms with Gasteiger partial charge in [0, 0.05) is 6.54 Å². The molecule has 5 nitrogen and oxygen atoms in total. The highest BCUT2D eigenvalue weighted by Crippen LogP contribution is 2.23. The number of hydrogen-bond acceptors (Lipinski definition) is 3. The maximum absolute atomic E-state index is 13.2. The van der Waals surface area contributed by atoms with E-state index in [2.05, 4.69) is 10.4 Å². The lowest BCUT2D eigenvalue weighted by atomic mass is 10.0. The summed E-state index contributed by atoms with van der Waals surface area (Å²) in [7, 11) is 0. The lowest BCUT2D eigenvalue weighted by Gasteiger charge is -2.13. The van der Waals surface area contributed by atoms with E-state index in [0.717, 1.165) is 18.5 Å². The summed E-state index contributed by atoms with van der Waals surface area (Å²) in [6.07, 6.45) is 3.05. The SMILES string of the molecule is CC(C)c1c(C(=O)NCCCCOc2ccc(F)cc2)cnn1-c1ccc(F)cc1. The molecule has 158 valence electrons. The van der Waals surface area contributed by atoms with Crippen LogP contribution in [0, 0.1) is 11.6 Å². The molecule has 0 radical (unpaired) electrons. The molecule has 3 aromatic rings. The predicted molar refractivity (Wildman–Crippen MR) is 111 cm³/mol. The van der Waals surface area contributed by atoms with Crippen molar-refractivity contribution in [3.8, 4) is 11.4 Å². The van der Waals surface area contributed by atoms with Crippen molar-refractivity contribution in [3.63, 3.8) is 0 Å². The zero-order valence-electron chi connectivity index (χ0n) is 17.1. The molecule has 0 aliphatic rings. The monoisotopic (exact) mass is 413 g/mol. The van der Waals surface area contributed by atoms with Crippen molar-refractivity contribution < 1.29 is 18.3 Å². The second-order valence-electron chi connectivity index (χ2n) is 7.25. The van der Waals surface area contributed by atoms with Crippen molar-refractivity contribution in [2.24, 2.45) is 0 Å². The molecule has 0 fully saturated rings. The van der Waals surface area contributed by atoms with Gasteiger partial charge in [-0.3, -0.25) is 4.79 Å². The second-order valence-corrected chi connectivity index (χ2v) is 7.25. The van der Waals surface area contributed by atoms with Crippen molar-refractivity contribution in [1.82, 2.24) is 15.1 Å². The Morgan fingerprint density at radius 1 is 1.03 bits per heavy atom. The molecule has 1 aromatic heterocycles. The minimum absolute atomic E-state index is 0.0578. The molecule has 3 rings (SSSR count). The van der Waals surface area contributed by atoms with Crippen LogP contribution in [0.2, 0.25) is 0 Å². The molecular weight excluding hydrogens is 388 g/mol. The Balaban J connectivity index is 1.52. The summed E-state index contributed by atoms with van der Waals surface area (Å²) in [6.45, 7) is 4.97. The van der Waals surface area contributed by atoms with Gasteiger partial charge in [-0.15, -0.1) is 0 Å². The number of carbonyl (C=O) groups excluding carboxylic acids is 1. The molecule has 0 unspecified atom stereocenters. The van der Waals surface area contributed by atoms with Gasteiger partial charge in [-0.25, -0.2) is 13.5 Å². The minimum Gasteiger partial charge on any atom is -0.494 e. The first-order valence-corrected chi connectivity index (χ1v) is 9.96. The number of carbonyl (C=O) groups is 1. The molecule has 7 heteroatoms. The Morgan fingerprint density at radius 3 is 2.30 bits per heavy atom. The van der Waals surface area contributed by atoms with Crippen LogP contribution in [0.5, 0.6) is 5.75 Å². The molecule has 0 bridgehead atoms. The summed E-state index contributed by atoms with van der Waals surface area (Å²) in [5, 5.41) is 7.26. The van der Waals surface area contributed by atoms with Crippen LogP contribution >= 0.6 is 0 Å². The predicted octanol–water partition coefficient (Wildman–Crippen LogP) is 4.86. The first kappa shape index (κ1) is 21.5. The zero-order chi connectivity index (χ0) is 21.5. The van der Waals surface area contributed by atoms with Gasteiger partial charge < -0.3 is 10.1 Å². The fourth-order valence-electron chi connectivity index (χ4n) is 3.12. The smallest absolute Gasteiger partial charge is 0.254 e. The summed E-state index contributed by atoms with van der Waals surface area (Å²) in [4.78, 5) is 12.7. The number of amides is 1. The first-order chi connectivity index (χ1) is 14.5. The van der Waals surface area contributed by atoms with Gasteiger partial charge in [-0.2, -0.15) is 5.10 Å². The normalized spacial score (nSPS) is 11.0. The molecule has 2 aromatic carbocycles. The number of unbranched alkanes of at least 4 members (excludes halogenated alkanes) is 1. The highest BCUT2D eigenvalue weighted by atomic mass is 19.1. The van der Waals surface area contributed by atoms with Crippen LogP contribution < -0.4 is 10.1 Å². The van der Waals surface area contributed by atoms with E-state index >= 15 is 0 Å². The van der Waals surface area contributed by atoms with E-state index in [9.17, 15) is 13.6 Å². The molecule has 1 amide bonds. The van der Waals surface area contributed by atoms with Crippen LogP contribution in [0.25, 0.3) is 5.69 Å². The lowest BCUT2D eigenvalue weighted by molar-refractivity contribution is 0.0951. The average molecular weight is 413 g/mol. The third-order valence-corrected chi connectivity index (χ3v) is 4.61. The third kappa shape index (κ3) is 5.43. The number of hydrogen-bond donors (Lipinski definition) is 1. The lowest BCUT2D eigenvalue weighted by Crippen LogP contribution is -2.26. The van der Waals surface area contributed by atoms with Crippen molar-refractivity contribution >= 4 is 5.91 Å². The molecule has 0 atom stereocenters. The van der Waals surface area contributed by atoms with Gasteiger partial charge in [0.2, 0.25) is 0 Å².